The molecule has 0 aliphatic rings. The molecule has 0 heterocycles. The molecule has 2 nitrogen and oxygen atoms in total. The van der Waals surface area contributed by atoms with Crippen LogP contribution in [0.1, 0.15) is 20.3 Å². The zero-order valence-electron chi connectivity index (χ0n) is 6.96. The third-order valence-corrected chi connectivity index (χ3v) is 1.45. The van der Waals surface area contributed by atoms with E-state index in [1.54, 1.807) is 6.92 Å². The van der Waals surface area contributed by atoms with Gasteiger partial charge in [-0.15, -0.1) is 0 Å². The number of ether oxygens (including phenoxy) is 1. The number of rotatable bonds is 4. The van der Waals surface area contributed by atoms with Crippen molar-refractivity contribution >= 4 is 18.6 Å². The van der Waals surface area contributed by atoms with Crippen LogP contribution in [0, 0.1) is 0 Å². The number of esters is 1. The number of hydrogen-bond acceptors (Lipinski definition) is 3. The highest BCUT2D eigenvalue weighted by atomic mass is 32.1. The van der Waals surface area contributed by atoms with Gasteiger partial charge < -0.3 is 4.74 Å². The normalized spacial score (nSPS) is 12.3. The van der Waals surface area contributed by atoms with Crippen molar-refractivity contribution in [2.45, 2.75) is 26.4 Å². The Morgan fingerprint density at radius 2 is 2.27 bits per heavy atom. The first-order valence-corrected chi connectivity index (χ1v) is 4.18. The number of carbonyl (C=O) groups is 1. The van der Waals surface area contributed by atoms with Crippen molar-refractivity contribution in [2.24, 2.45) is 0 Å². The predicted octanol–water partition coefficient (Wildman–Crippen LogP) is 1.81. The van der Waals surface area contributed by atoms with E-state index in [1.165, 1.54) is 0 Å². The van der Waals surface area contributed by atoms with E-state index in [0.717, 1.165) is 12.2 Å². The Labute approximate surface area is 73.0 Å². The second kappa shape index (κ2) is 5.24. The van der Waals surface area contributed by atoms with Crippen LogP contribution in [0.4, 0.5) is 0 Å². The summed E-state index contributed by atoms with van der Waals surface area (Å²) < 4.78 is 4.96. The number of thiol groups is 1. The maximum atomic E-state index is 10.9. The molecular formula is C8H14O2S. The van der Waals surface area contributed by atoms with Gasteiger partial charge in [-0.1, -0.05) is 6.58 Å². The smallest absolute Gasteiger partial charge is 0.333 e. The lowest BCUT2D eigenvalue weighted by Gasteiger charge is -2.10. The van der Waals surface area contributed by atoms with E-state index in [-0.39, 0.29) is 12.1 Å². The zero-order chi connectivity index (χ0) is 8.85. The molecule has 0 saturated heterocycles. The van der Waals surface area contributed by atoms with Crippen LogP contribution in [0.2, 0.25) is 0 Å². The van der Waals surface area contributed by atoms with Crippen LogP contribution in [0.5, 0.6) is 0 Å². The second-order valence-corrected chi connectivity index (χ2v) is 2.96. The maximum Gasteiger partial charge on any atom is 0.333 e. The molecule has 0 aliphatic carbocycles. The average Bonchev–Trinajstić information content (AvgIpc) is 1.87. The fourth-order valence-electron chi connectivity index (χ4n) is 0.524. The molecule has 0 aromatic heterocycles. The molecule has 0 saturated carbocycles. The molecule has 0 bridgehead atoms. The molecule has 0 aromatic carbocycles. The fraction of sp³-hybridized carbons (Fsp3) is 0.625. The second-order valence-electron chi connectivity index (χ2n) is 2.51. The summed E-state index contributed by atoms with van der Waals surface area (Å²) in [5.74, 6) is 0.407. The summed E-state index contributed by atoms with van der Waals surface area (Å²) in [6, 6.07) is 0. The van der Waals surface area contributed by atoms with E-state index < -0.39 is 0 Å². The Morgan fingerprint density at radius 3 is 2.64 bits per heavy atom. The summed E-state index contributed by atoms with van der Waals surface area (Å²) in [6.07, 6.45) is 0.721. The largest absolute Gasteiger partial charge is 0.459 e. The van der Waals surface area contributed by atoms with Crippen molar-refractivity contribution in [3.63, 3.8) is 0 Å². The highest BCUT2D eigenvalue weighted by Gasteiger charge is 2.08. The molecule has 0 fully saturated rings. The van der Waals surface area contributed by atoms with Gasteiger partial charge in [-0.2, -0.15) is 12.6 Å². The minimum atomic E-state index is -0.320. The monoisotopic (exact) mass is 174 g/mol. The topological polar surface area (TPSA) is 26.3 Å². The molecule has 0 aromatic rings. The highest BCUT2D eigenvalue weighted by molar-refractivity contribution is 7.80. The molecule has 1 atom stereocenters. The summed E-state index contributed by atoms with van der Waals surface area (Å²) in [7, 11) is 0. The highest BCUT2D eigenvalue weighted by Crippen LogP contribution is 2.02. The van der Waals surface area contributed by atoms with E-state index in [1.807, 2.05) is 6.92 Å². The quantitative estimate of drug-likeness (QED) is 0.400. The van der Waals surface area contributed by atoms with E-state index in [2.05, 4.69) is 19.2 Å². The zero-order valence-corrected chi connectivity index (χ0v) is 7.86. The van der Waals surface area contributed by atoms with Crippen molar-refractivity contribution in [1.29, 1.82) is 0 Å². The van der Waals surface area contributed by atoms with E-state index >= 15 is 0 Å². The van der Waals surface area contributed by atoms with Crippen LogP contribution in [0.3, 0.4) is 0 Å². The molecule has 1 unspecified atom stereocenters. The van der Waals surface area contributed by atoms with Gasteiger partial charge in [0.05, 0.1) is 0 Å². The van der Waals surface area contributed by atoms with Crippen molar-refractivity contribution in [3.8, 4) is 0 Å². The summed E-state index contributed by atoms with van der Waals surface area (Å²) >= 11 is 4.02. The minimum Gasteiger partial charge on any atom is -0.459 e. The van der Waals surface area contributed by atoms with Crippen LogP contribution in [0.15, 0.2) is 12.2 Å². The molecule has 0 radical (unpaired) electrons. The molecule has 0 spiro atoms. The van der Waals surface area contributed by atoms with Gasteiger partial charge in [0.2, 0.25) is 0 Å². The first-order valence-electron chi connectivity index (χ1n) is 3.55. The average molecular weight is 174 g/mol. The molecule has 0 amide bonds. The summed E-state index contributed by atoms with van der Waals surface area (Å²) in [6.45, 7) is 6.95. The lowest BCUT2D eigenvalue weighted by molar-refractivity contribution is -0.143. The lowest BCUT2D eigenvalue weighted by Crippen LogP contribution is -2.15. The van der Waals surface area contributed by atoms with Crippen LogP contribution >= 0.6 is 12.6 Å². The van der Waals surface area contributed by atoms with Gasteiger partial charge >= 0.3 is 5.97 Å². The third kappa shape index (κ3) is 4.90. The molecule has 3 heteroatoms. The van der Waals surface area contributed by atoms with E-state index in [0.29, 0.717) is 5.57 Å². The van der Waals surface area contributed by atoms with Gasteiger partial charge in [0.25, 0.3) is 0 Å². The van der Waals surface area contributed by atoms with Crippen LogP contribution < -0.4 is 0 Å². The van der Waals surface area contributed by atoms with Crippen molar-refractivity contribution in [3.05, 3.63) is 12.2 Å². The van der Waals surface area contributed by atoms with Crippen LogP contribution in [-0.2, 0) is 9.53 Å². The van der Waals surface area contributed by atoms with Gasteiger partial charge in [0.1, 0.15) is 6.10 Å². The Hall–Kier alpha value is -0.440. The lowest BCUT2D eigenvalue weighted by atomic mass is 10.3. The number of carbonyl (C=O) groups excluding carboxylic acids is 1. The fourth-order valence-corrected chi connectivity index (χ4v) is 0.888. The van der Waals surface area contributed by atoms with E-state index in [4.69, 9.17) is 4.74 Å². The van der Waals surface area contributed by atoms with Crippen molar-refractivity contribution in [1.82, 2.24) is 0 Å². The third-order valence-electron chi connectivity index (χ3n) is 1.19. The Bertz CT molecular complexity index is 154. The number of hydrogen-bond donors (Lipinski definition) is 1. The standard InChI is InChI=1S/C8H14O2S/c1-6(2)8(9)10-7(3)4-5-11/h7,11H,1,4-5H2,2-3H3. The summed E-state index contributed by atoms with van der Waals surface area (Å²) in [4.78, 5) is 10.9. The van der Waals surface area contributed by atoms with Crippen LogP contribution in [0.25, 0.3) is 0 Å². The van der Waals surface area contributed by atoms with Gasteiger partial charge in [0.15, 0.2) is 0 Å². The van der Waals surface area contributed by atoms with Gasteiger partial charge in [-0.3, -0.25) is 0 Å². The van der Waals surface area contributed by atoms with Crippen LogP contribution in [-0.4, -0.2) is 17.8 Å². The molecule has 11 heavy (non-hydrogen) atoms. The Balaban J connectivity index is 3.66. The first kappa shape index (κ1) is 10.6. The van der Waals surface area contributed by atoms with Gasteiger partial charge in [-0.25, -0.2) is 4.79 Å². The summed E-state index contributed by atoms with van der Waals surface area (Å²) in [5.41, 5.74) is 0.441. The van der Waals surface area contributed by atoms with Crippen molar-refractivity contribution in [2.75, 3.05) is 5.75 Å². The SMILES string of the molecule is C=C(C)C(=O)OC(C)CCS. The van der Waals surface area contributed by atoms with Gasteiger partial charge in [0, 0.05) is 5.57 Å². The Morgan fingerprint density at radius 1 is 1.73 bits per heavy atom. The Kier molecular flexibility index (Phi) is 5.03. The molecular weight excluding hydrogens is 160 g/mol. The summed E-state index contributed by atoms with van der Waals surface area (Å²) in [5, 5.41) is 0. The molecule has 0 N–H and O–H groups in total. The molecule has 64 valence electrons. The first-order chi connectivity index (χ1) is 5.07. The molecule has 0 aliphatic heterocycles. The van der Waals surface area contributed by atoms with Crippen molar-refractivity contribution < 1.29 is 9.53 Å². The maximum absolute atomic E-state index is 10.9. The molecule has 0 rings (SSSR count). The minimum absolute atomic E-state index is 0.0586. The van der Waals surface area contributed by atoms with E-state index in [9.17, 15) is 4.79 Å². The predicted molar refractivity (Wildman–Crippen MR) is 48.8 cm³/mol. The van der Waals surface area contributed by atoms with Gasteiger partial charge in [-0.05, 0) is 26.0 Å².